The third kappa shape index (κ3) is 4.19. The van der Waals surface area contributed by atoms with Gasteiger partial charge in [-0.05, 0) is 69.8 Å². The highest BCUT2D eigenvalue weighted by atomic mass is 79.9. The van der Waals surface area contributed by atoms with E-state index in [9.17, 15) is 0 Å². The number of hydrogen-bond donors (Lipinski definition) is 0. The van der Waals surface area contributed by atoms with Crippen molar-refractivity contribution in [2.75, 3.05) is 44.3 Å². The van der Waals surface area contributed by atoms with Gasteiger partial charge in [-0.25, -0.2) is 4.98 Å². The SMILES string of the molecule is Brc1ccnc2c1cc(-c1ccc(N3CCN(C4COC4)CC3)cc1)n2Sc1ccccc1. The van der Waals surface area contributed by atoms with Gasteiger partial charge in [0.05, 0.1) is 24.9 Å². The fourth-order valence-electron chi connectivity index (χ4n) is 4.55. The molecule has 0 spiro atoms. The van der Waals surface area contributed by atoms with Crippen molar-refractivity contribution in [3.8, 4) is 11.3 Å². The van der Waals surface area contributed by atoms with Crippen LogP contribution in [0.5, 0.6) is 0 Å². The van der Waals surface area contributed by atoms with Crippen LogP contribution in [-0.2, 0) is 4.74 Å². The van der Waals surface area contributed by atoms with Crippen molar-refractivity contribution < 1.29 is 4.74 Å². The summed E-state index contributed by atoms with van der Waals surface area (Å²) in [6.45, 7) is 6.14. The number of aromatic nitrogens is 2. The van der Waals surface area contributed by atoms with E-state index in [2.05, 4.69) is 84.3 Å². The highest BCUT2D eigenvalue weighted by molar-refractivity contribution is 9.10. The Morgan fingerprint density at radius 1 is 0.909 bits per heavy atom. The molecule has 0 atom stereocenters. The number of hydrogen-bond acceptors (Lipinski definition) is 5. The monoisotopic (exact) mass is 520 g/mol. The maximum atomic E-state index is 5.36. The van der Waals surface area contributed by atoms with E-state index in [1.807, 2.05) is 18.3 Å². The molecular weight excluding hydrogens is 496 g/mol. The zero-order valence-electron chi connectivity index (χ0n) is 18.2. The predicted octanol–water partition coefficient (Wildman–Crippen LogP) is 5.54. The Kier molecular flexibility index (Phi) is 5.88. The molecule has 7 heteroatoms. The Morgan fingerprint density at radius 2 is 1.67 bits per heavy atom. The van der Waals surface area contributed by atoms with Crippen LogP contribution in [0.4, 0.5) is 5.69 Å². The highest BCUT2D eigenvalue weighted by Gasteiger charge is 2.28. The highest BCUT2D eigenvalue weighted by Crippen LogP contribution is 2.37. The molecule has 2 fully saturated rings. The number of nitrogens with zero attached hydrogens (tertiary/aromatic N) is 4. The molecule has 33 heavy (non-hydrogen) atoms. The summed E-state index contributed by atoms with van der Waals surface area (Å²) in [7, 11) is 0. The number of anilines is 1. The van der Waals surface area contributed by atoms with E-state index in [0.29, 0.717) is 6.04 Å². The van der Waals surface area contributed by atoms with E-state index in [1.165, 1.54) is 16.1 Å². The van der Waals surface area contributed by atoms with Crippen molar-refractivity contribution in [2.24, 2.45) is 0 Å². The van der Waals surface area contributed by atoms with Crippen LogP contribution < -0.4 is 4.90 Å². The molecule has 0 radical (unpaired) electrons. The van der Waals surface area contributed by atoms with Crippen molar-refractivity contribution in [3.05, 3.63) is 77.4 Å². The minimum atomic E-state index is 0.631. The lowest BCUT2D eigenvalue weighted by Gasteiger charge is -2.43. The van der Waals surface area contributed by atoms with Gasteiger partial charge in [0.25, 0.3) is 0 Å². The van der Waals surface area contributed by atoms with Crippen LogP contribution in [0.15, 0.2) is 82.3 Å². The molecule has 4 heterocycles. The van der Waals surface area contributed by atoms with Gasteiger partial charge in [-0.1, -0.05) is 30.3 Å². The normalized spacial score (nSPS) is 17.4. The smallest absolute Gasteiger partial charge is 0.151 e. The standard InChI is InChI=1S/C26H25BrN4OS/c27-24-10-11-28-26-23(24)16-25(31(26)33-22-4-2-1-3-5-22)19-6-8-20(9-7-19)29-12-14-30(15-13-29)21-17-32-18-21/h1-11,16,21H,12-15,17-18H2. The van der Waals surface area contributed by atoms with E-state index in [-0.39, 0.29) is 0 Å². The molecular formula is C26H25BrN4OS. The quantitative estimate of drug-likeness (QED) is 0.345. The number of ether oxygens (including phenoxy) is 1. The Bertz CT molecular complexity index is 1250. The van der Waals surface area contributed by atoms with Gasteiger partial charge in [-0.15, -0.1) is 0 Å². The van der Waals surface area contributed by atoms with E-state index in [1.54, 1.807) is 11.9 Å². The zero-order valence-corrected chi connectivity index (χ0v) is 20.6. The average molecular weight is 521 g/mol. The van der Waals surface area contributed by atoms with Crippen molar-refractivity contribution in [1.29, 1.82) is 0 Å². The Labute approximate surface area is 206 Å². The lowest BCUT2D eigenvalue weighted by Crippen LogP contribution is -2.56. The molecule has 2 aromatic heterocycles. The van der Waals surface area contributed by atoms with E-state index < -0.39 is 0 Å². The van der Waals surface area contributed by atoms with Crippen LogP contribution in [-0.4, -0.2) is 59.3 Å². The number of halogens is 1. The third-order valence-corrected chi connectivity index (χ3v) is 8.25. The molecule has 2 aliphatic rings. The van der Waals surface area contributed by atoms with Crippen molar-refractivity contribution >= 4 is 44.6 Å². The predicted molar refractivity (Wildman–Crippen MR) is 139 cm³/mol. The number of pyridine rings is 1. The van der Waals surface area contributed by atoms with Crippen molar-refractivity contribution in [1.82, 2.24) is 13.9 Å². The molecule has 168 valence electrons. The molecule has 0 saturated carbocycles. The van der Waals surface area contributed by atoms with Gasteiger partial charge in [0.1, 0.15) is 0 Å². The van der Waals surface area contributed by atoms with E-state index in [4.69, 9.17) is 9.72 Å². The van der Waals surface area contributed by atoms with Gasteiger partial charge in [0.2, 0.25) is 0 Å². The maximum absolute atomic E-state index is 5.36. The van der Waals surface area contributed by atoms with Crippen LogP contribution >= 0.6 is 27.9 Å². The van der Waals surface area contributed by atoms with Gasteiger partial charge in [-0.2, -0.15) is 0 Å². The summed E-state index contributed by atoms with van der Waals surface area (Å²) in [6.07, 6.45) is 1.86. The maximum Gasteiger partial charge on any atom is 0.151 e. The summed E-state index contributed by atoms with van der Waals surface area (Å²) < 4.78 is 8.67. The summed E-state index contributed by atoms with van der Waals surface area (Å²) >= 11 is 5.41. The molecule has 6 rings (SSSR count). The first-order valence-corrected chi connectivity index (χ1v) is 12.9. The second-order valence-electron chi connectivity index (χ2n) is 8.52. The summed E-state index contributed by atoms with van der Waals surface area (Å²) in [4.78, 5) is 10.9. The second-order valence-corrected chi connectivity index (χ2v) is 10.4. The van der Waals surface area contributed by atoms with Crippen molar-refractivity contribution in [2.45, 2.75) is 10.9 Å². The van der Waals surface area contributed by atoms with Gasteiger partial charge in [-0.3, -0.25) is 8.87 Å². The molecule has 0 aliphatic carbocycles. The summed E-state index contributed by atoms with van der Waals surface area (Å²) in [6, 6.07) is 24.3. The molecule has 4 aromatic rings. The number of rotatable bonds is 5. The van der Waals surface area contributed by atoms with E-state index in [0.717, 1.165) is 60.6 Å². The molecule has 5 nitrogen and oxygen atoms in total. The van der Waals surface area contributed by atoms with Crippen LogP contribution in [0.1, 0.15) is 0 Å². The van der Waals surface area contributed by atoms with Crippen LogP contribution in [0.3, 0.4) is 0 Å². The number of piperazine rings is 1. The molecule has 2 aliphatic heterocycles. The molecule has 2 aromatic carbocycles. The van der Waals surface area contributed by atoms with Crippen LogP contribution in [0, 0.1) is 0 Å². The third-order valence-electron chi connectivity index (χ3n) is 6.53. The minimum Gasteiger partial charge on any atom is -0.378 e. The van der Waals surface area contributed by atoms with Gasteiger partial charge >= 0.3 is 0 Å². The molecule has 0 N–H and O–H groups in total. The van der Waals surface area contributed by atoms with Gasteiger partial charge in [0.15, 0.2) is 5.65 Å². The summed E-state index contributed by atoms with van der Waals surface area (Å²) in [5.74, 6) is 0. The molecule has 2 saturated heterocycles. The topological polar surface area (TPSA) is 33.5 Å². The minimum absolute atomic E-state index is 0.631. The van der Waals surface area contributed by atoms with Crippen LogP contribution in [0.25, 0.3) is 22.3 Å². The first-order chi connectivity index (χ1) is 16.3. The van der Waals surface area contributed by atoms with Crippen molar-refractivity contribution in [3.63, 3.8) is 0 Å². The molecule has 0 amide bonds. The van der Waals surface area contributed by atoms with Gasteiger partial charge < -0.3 is 9.64 Å². The van der Waals surface area contributed by atoms with E-state index >= 15 is 0 Å². The lowest BCUT2D eigenvalue weighted by molar-refractivity contribution is -0.0660. The summed E-state index contributed by atoms with van der Waals surface area (Å²) in [5, 5.41) is 1.12. The Morgan fingerprint density at radius 3 is 2.36 bits per heavy atom. The second kappa shape index (κ2) is 9.14. The molecule has 0 bridgehead atoms. The fourth-order valence-corrected chi connectivity index (χ4v) is 5.93. The molecule has 0 unspecified atom stereocenters. The first kappa shape index (κ1) is 21.2. The zero-order chi connectivity index (χ0) is 22.2. The average Bonchev–Trinajstić information content (AvgIpc) is 3.19. The van der Waals surface area contributed by atoms with Gasteiger partial charge in [0, 0.05) is 52.8 Å². The fraction of sp³-hybridized carbons (Fsp3) is 0.269. The Hall–Kier alpha value is -2.32. The summed E-state index contributed by atoms with van der Waals surface area (Å²) in [5.41, 5.74) is 4.60. The number of benzene rings is 2. The Balaban J connectivity index is 1.28. The largest absolute Gasteiger partial charge is 0.378 e. The first-order valence-electron chi connectivity index (χ1n) is 11.3. The lowest BCUT2D eigenvalue weighted by atomic mass is 10.1. The van der Waals surface area contributed by atoms with Crippen LogP contribution in [0.2, 0.25) is 0 Å². The number of fused-ring (bicyclic) bond motifs is 1.